The second-order valence-electron chi connectivity index (χ2n) is 4.45. The van der Waals surface area contributed by atoms with Crippen LogP contribution in [0.4, 0.5) is 5.95 Å². The van der Waals surface area contributed by atoms with Crippen LogP contribution in [0.15, 0.2) is 5.03 Å². The van der Waals surface area contributed by atoms with Gasteiger partial charge >= 0.3 is 0 Å². The van der Waals surface area contributed by atoms with Crippen LogP contribution >= 0.6 is 24.0 Å². The molecule has 2 aromatic rings. The fourth-order valence-electron chi connectivity index (χ4n) is 2.36. The van der Waals surface area contributed by atoms with Crippen LogP contribution in [0.2, 0.25) is 0 Å². The van der Waals surface area contributed by atoms with Gasteiger partial charge in [-0.05, 0) is 12.8 Å². The molecule has 6 heteroatoms. The van der Waals surface area contributed by atoms with E-state index >= 15 is 0 Å². The summed E-state index contributed by atoms with van der Waals surface area (Å²) in [6, 6.07) is 0. The minimum absolute atomic E-state index is 0.279. The summed E-state index contributed by atoms with van der Waals surface area (Å²) >= 11 is 5.95. The van der Waals surface area contributed by atoms with E-state index in [1.165, 1.54) is 37.1 Å². The molecular weight excluding hydrogens is 252 g/mol. The lowest BCUT2D eigenvalue weighted by Gasteiger charge is -2.18. The average molecular weight is 266 g/mol. The number of anilines is 1. The highest BCUT2D eigenvalue weighted by molar-refractivity contribution is 7.80. The third kappa shape index (κ3) is 2.11. The van der Waals surface area contributed by atoms with Crippen molar-refractivity contribution in [2.45, 2.75) is 43.0 Å². The largest absolute Gasteiger partial charge is 0.368 e. The Balaban J connectivity index is 2.03. The SMILES string of the molecule is Nc1nc(S)c2nc(C3CCCCC3)sc2n1. The van der Waals surface area contributed by atoms with Crippen molar-refractivity contribution < 1.29 is 0 Å². The molecule has 2 heterocycles. The van der Waals surface area contributed by atoms with Gasteiger partial charge in [0.05, 0.1) is 5.01 Å². The summed E-state index contributed by atoms with van der Waals surface area (Å²) in [4.78, 5) is 13.8. The smallest absolute Gasteiger partial charge is 0.222 e. The van der Waals surface area contributed by atoms with Gasteiger partial charge in [-0.3, -0.25) is 0 Å². The number of aromatic nitrogens is 3. The predicted octanol–water partition coefficient (Wildman–Crippen LogP) is 3.00. The van der Waals surface area contributed by atoms with E-state index in [0.717, 1.165) is 10.3 Å². The summed E-state index contributed by atoms with van der Waals surface area (Å²) in [5.41, 5.74) is 6.42. The molecule has 0 atom stereocenters. The molecule has 2 aromatic heterocycles. The van der Waals surface area contributed by atoms with Gasteiger partial charge in [0, 0.05) is 5.92 Å². The maximum Gasteiger partial charge on any atom is 0.222 e. The van der Waals surface area contributed by atoms with E-state index in [0.29, 0.717) is 10.9 Å². The molecule has 1 saturated carbocycles. The van der Waals surface area contributed by atoms with Gasteiger partial charge in [0.2, 0.25) is 5.95 Å². The van der Waals surface area contributed by atoms with E-state index < -0.39 is 0 Å². The molecule has 2 N–H and O–H groups in total. The first-order valence-corrected chi connectivity index (χ1v) is 7.13. The summed E-state index contributed by atoms with van der Waals surface area (Å²) in [6.07, 6.45) is 6.45. The van der Waals surface area contributed by atoms with E-state index in [4.69, 9.17) is 5.73 Å². The summed E-state index contributed by atoms with van der Waals surface area (Å²) in [5.74, 6) is 0.873. The van der Waals surface area contributed by atoms with Gasteiger partial charge in [0.15, 0.2) is 0 Å². The Bertz CT molecular complexity index is 546. The van der Waals surface area contributed by atoms with Crippen LogP contribution in [-0.4, -0.2) is 15.0 Å². The lowest BCUT2D eigenvalue weighted by Crippen LogP contribution is -2.03. The number of hydrogen-bond donors (Lipinski definition) is 2. The number of nitrogens with zero attached hydrogens (tertiary/aromatic N) is 3. The minimum Gasteiger partial charge on any atom is -0.368 e. The molecule has 0 amide bonds. The van der Waals surface area contributed by atoms with Crippen molar-refractivity contribution in [3.05, 3.63) is 5.01 Å². The molecule has 17 heavy (non-hydrogen) atoms. The second-order valence-corrected chi connectivity index (χ2v) is 5.88. The molecule has 0 saturated heterocycles. The highest BCUT2D eigenvalue weighted by atomic mass is 32.1. The summed E-state index contributed by atoms with van der Waals surface area (Å²) in [5, 5.41) is 1.76. The summed E-state index contributed by atoms with van der Waals surface area (Å²) in [6.45, 7) is 0. The lowest BCUT2D eigenvalue weighted by molar-refractivity contribution is 0.443. The fourth-order valence-corrected chi connectivity index (χ4v) is 3.81. The molecule has 0 aromatic carbocycles. The van der Waals surface area contributed by atoms with Crippen LogP contribution in [-0.2, 0) is 0 Å². The molecule has 0 spiro atoms. The van der Waals surface area contributed by atoms with E-state index in [2.05, 4.69) is 27.6 Å². The summed E-state index contributed by atoms with van der Waals surface area (Å²) in [7, 11) is 0. The molecule has 1 fully saturated rings. The normalized spacial score (nSPS) is 17.7. The van der Waals surface area contributed by atoms with Gasteiger partial charge < -0.3 is 5.73 Å². The zero-order valence-electron chi connectivity index (χ0n) is 9.39. The van der Waals surface area contributed by atoms with Crippen molar-refractivity contribution in [3.63, 3.8) is 0 Å². The van der Waals surface area contributed by atoms with Crippen LogP contribution in [0.3, 0.4) is 0 Å². The Morgan fingerprint density at radius 1 is 1.12 bits per heavy atom. The van der Waals surface area contributed by atoms with Crippen molar-refractivity contribution in [3.8, 4) is 0 Å². The van der Waals surface area contributed by atoms with Gasteiger partial charge in [0.1, 0.15) is 15.4 Å². The first-order chi connectivity index (χ1) is 8.24. The Kier molecular flexibility index (Phi) is 2.92. The third-order valence-electron chi connectivity index (χ3n) is 3.23. The first kappa shape index (κ1) is 11.2. The molecule has 0 radical (unpaired) electrons. The topological polar surface area (TPSA) is 64.7 Å². The molecular formula is C11H14N4S2. The maximum atomic E-state index is 5.62. The molecule has 0 unspecified atom stereocenters. The van der Waals surface area contributed by atoms with E-state index in [9.17, 15) is 0 Å². The lowest BCUT2D eigenvalue weighted by atomic mass is 9.90. The van der Waals surface area contributed by atoms with Gasteiger partial charge in [-0.2, -0.15) is 0 Å². The zero-order valence-corrected chi connectivity index (χ0v) is 11.1. The van der Waals surface area contributed by atoms with Crippen LogP contribution in [0.25, 0.3) is 10.3 Å². The molecule has 1 aliphatic carbocycles. The fraction of sp³-hybridized carbons (Fsp3) is 0.545. The zero-order chi connectivity index (χ0) is 11.8. The van der Waals surface area contributed by atoms with Crippen LogP contribution in [0.5, 0.6) is 0 Å². The van der Waals surface area contributed by atoms with Gasteiger partial charge in [-0.15, -0.1) is 12.6 Å². The van der Waals surface area contributed by atoms with Crippen LogP contribution in [0.1, 0.15) is 43.0 Å². The molecule has 0 bridgehead atoms. The summed E-state index contributed by atoms with van der Waals surface area (Å²) < 4.78 is 0. The monoisotopic (exact) mass is 266 g/mol. The van der Waals surface area contributed by atoms with Crippen LogP contribution in [0, 0.1) is 0 Å². The number of hydrogen-bond acceptors (Lipinski definition) is 6. The minimum atomic E-state index is 0.279. The second kappa shape index (κ2) is 4.42. The number of nitrogens with two attached hydrogens (primary N) is 1. The predicted molar refractivity (Wildman–Crippen MR) is 72.7 cm³/mol. The highest BCUT2D eigenvalue weighted by Gasteiger charge is 2.20. The van der Waals surface area contributed by atoms with Crippen molar-refractivity contribution in [1.29, 1.82) is 0 Å². The van der Waals surface area contributed by atoms with E-state index in [1.54, 1.807) is 11.3 Å². The highest BCUT2D eigenvalue weighted by Crippen LogP contribution is 2.37. The van der Waals surface area contributed by atoms with Crippen molar-refractivity contribution in [2.24, 2.45) is 0 Å². The number of nitrogen functional groups attached to an aromatic ring is 1. The van der Waals surface area contributed by atoms with E-state index in [1.807, 2.05) is 0 Å². The van der Waals surface area contributed by atoms with Gasteiger partial charge in [-0.1, -0.05) is 30.6 Å². The first-order valence-electron chi connectivity index (χ1n) is 5.87. The Morgan fingerprint density at radius 3 is 2.65 bits per heavy atom. The Hall–Kier alpha value is -0.880. The Labute approximate surface area is 109 Å². The Morgan fingerprint density at radius 2 is 1.88 bits per heavy atom. The van der Waals surface area contributed by atoms with Crippen molar-refractivity contribution >= 4 is 40.3 Å². The number of thiazole rings is 1. The molecule has 90 valence electrons. The molecule has 3 rings (SSSR count). The maximum absolute atomic E-state index is 5.62. The standard InChI is InChI=1S/C11H14N4S2/c12-11-14-8(16)7-10(15-11)17-9(13-7)6-4-2-1-3-5-6/h6H,1-5H2,(H3,12,14,15,16). The number of rotatable bonds is 1. The van der Waals surface area contributed by atoms with Crippen molar-refractivity contribution in [1.82, 2.24) is 15.0 Å². The van der Waals surface area contributed by atoms with Crippen molar-refractivity contribution in [2.75, 3.05) is 5.73 Å². The van der Waals surface area contributed by atoms with Crippen LogP contribution < -0.4 is 5.73 Å². The third-order valence-corrected chi connectivity index (χ3v) is 4.65. The average Bonchev–Trinajstić information content (AvgIpc) is 2.74. The van der Waals surface area contributed by atoms with Gasteiger partial charge in [-0.25, -0.2) is 15.0 Å². The number of thiol groups is 1. The van der Waals surface area contributed by atoms with E-state index in [-0.39, 0.29) is 5.95 Å². The molecule has 4 nitrogen and oxygen atoms in total. The quantitative estimate of drug-likeness (QED) is 0.615. The molecule has 0 aliphatic heterocycles. The molecule has 1 aliphatic rings. The number of fused-ring (bicyclic) bond motifs is 1. The van der Waals surface area contributed by atoms with Gasteiger partial charge in [0.25, 0.3) is 0 Å².